The van der Waals surface area contributed by atoms with Crippen LogP contribution in [0.3, 0.4) is 0 Å². The van der Waals surface area contributed by atoms with Crippen molar-refractivity contribution in [2.45, 2.75) is 6.42 Å². The number of aromatic hydroxyl groups is 1. The molecule has 1 aromatic rings. The molecule has 0 unspecified atom stereocenters. The van der Waals surface area contributed by atoms with Gasteiger partial charge in [-0.05, 0) is 11.6 Å². The SMILES string of the molecule is NOCCc1cc(Cl)c(O)cc1F. The average molecular weight is 206 g/mol. The minimum absolute atomic E-state index is 0.119. The number of phenolic OH excluding ortho intramolecular Hbond substituents is 1. The predicted octanol–water partition coefficient (Wildman–Crippen LogP) is 1.62. The molecule has 0 aromatic heterocycles. The van der Waals surface area contributed by atoms with Crippen molar-refractivity contribution in [2.75, 3.05) is 6.61 Å². The monoisotopic (exact) mass is 205 g/mol. The molecular formula is C8H9ClFNO2. The van der Waals surface area contributed by atoms with Gasteiger partial charge in [0.15, 0.2) is 0 Å². The molecule has 0 fully saturated rings. The highest BCUT2D eigenvalue weighted by Crippen LogP contribution is 2.26. The molecule has 3 nitrogen and oxygen atoms in total. The third-order valence-corrected chi connectivity index (χ3v) is 1.91. The Morgan fingerprint density at radius 1 is 1.54 bits per heavy atom. The molecule has 0 saturated carbocycles. The van der Waals surface area contributed by atoms with Crippen molar-refractivity contribution < 1.29 is 14.3 Å². The third-order valence-electron chi connectivity index (χ3n) is 1.61. The van der Waals surface area contributed by atoms with E-state index in [4.69, 9.17) is 22.6 Å². The van der Waals surface area contributed by atoms with Crippen LogP contribution in [0.1, 0.15) is 5.56 Å². The van der Waals surface area contributed by atoms with Crippen molar-refractivity contribution in [3.63, 3.8) is 0 Å². The summed E-state index contributed by atoms with van der Waals surface area (Å²) in [6, 6.07) is 2.32. The maximum atomic E-state index is 13.0. The first-order chi connectivity index (χ1) is 6.15. The van der Waals surface area contributed by atoms with Crippen LogP contribution < -0.4 is 5.90 Å². The number of hydrogen-bond acceptors (Lipinski definition) is 3. The highest BCUT2D eigenvalue weighted by molar-refractivity contribution is 6.32. The fraction of sp³-hybridized carbons (Fsp3) is 0.250. The summed E-state index contributed by atoms with van der Waals surface area (Å²) in [6.45, 7) is 0.206. The molecule has 0 aliphatic heterocycles. The van der Waals surface area contributed by atoms with Crippen LogP contribution in [0.25, 0.3) is 0 Å². The van der Waals surface area contributed by atoms with Gasteiger partial charge in [-0.3, -0.25) is 0 Å². The zero-order valence-corrected chi connectivity index (χ0v) is 7.51. The van der Waals surface area contributed by atoms with Gasteiger partial charge in [0.1, 0.15) is 11.6 Å². The van der Waals surface area contributed by atoms with Crippen LogP contribution >= 0.6 is 11.6 Å². The lowest BCUT2D eigenvalue weighted by atomic mass is 10.1. The van der Waals surface area contributed by atoms with E-state index in [2.05, 4.69) is 4.84 Å². The molecule has 3 N–H and O–H groups in total. The number of rotatable bonds is 3. The van der Waals surface area contributed by atoms with E-state index in [-0.39, 0.29) is 17.4 Å². The summed E-state index contributed by atoms with van der Waals surface area (Å²) in [6.07, 6.45) is 0.322. The van der Waals surface area contributed by atoms with Gasteiger partial charge in [0.25, 0.3) is 0 Å². The van der Waals surface area contributed by atoms with Crippen molar-refractivity contribution in [1.29, 1.82) is 0 Å². The Hall–Kier alpha value is -0.840. The molecule has 0 saturated heterocycles. The predicted molar refractivity (Wildman–Crippen MR) is 46.9 cm³/mol. The molecule has 0 aliphatic carbocycles. The van der Waals surface area contributed by atoms with E-state index in [1.54, 1.807) is 0 Å². The highest BCUT2D eigenvalue weighted by atomic mass is 35.5. The fourth-order valence-electron chi connectivity index (χ4n) is 0.938. The van der Waals surface area contributed by atoms with E-state index in [0.717, 1.165) is 6.07 Å². The lowest BCUT2D eigenvalue weighted by molar-refractivity contribution is 0.140. The van der Waals surface area contributed by atoms with Crippen molar-refractivity contribution in [2.24, 2.45) is 5.90 Å². The second-order valence-corrected chi connectivity index (χ2v) is 2.92. The van der Waals surface area contributed by atoms with E-state index in [1.165, 1.54) is 6.07 Å². The Balaban J connectivity index is 2.88. The van der Waals surface area contributed by atoms with Crippen LogP contribution in [-0.4, -0.2) is 11.7 Å². The van der Waals surface area contributed by atoms with Crippen LogP contribution in [0.15, 0.2) is 12.1 Å². The largest absolute Gasteiger partial charge is 0.506 e. The van der Waals surface area contributed by atoms with Gasteiger partial charge in [-0.15, -0.1) is 0 Å². The number of hydrogen-bond donors (Lipinski definition) is 2. The Kier molecular flexibility index (Phi) is 3.48. The van der Waals surface area contributed by atoms with E-state index in [9.17, 15) is 4.39 Å². The average Bonchev–Trinajstić information content (AvgIpc) is 2.09. The van der Waals surface area contributed by atoms with E-state index < -0.39 is 5.82 Å². The van der Waals surface area contributed by atoms with Crippen molar-refractivity contribution >= 4 is 11.6 Å². The molecule has 0 bridgehead atoms. The molecule has 1 aromatic carbocycles. The van der Waals surface area contributed by atoms with Crippen LogP contribution in [0.2, 0.25) is 5.02 Å². The lowest BCUT2D eigenvalue weighted by Crippen LogP contribution is -2.04. The van der Waals surface area contributed by atoms with Crippen LogP contribution in [-0.2, 0) is 11.3 Å². The molecule has 0 atom stereocenters. The summed E-state index contributed by atoms with van der Waals surface area (Å²) in [5, 5.41) is 9.14. The van der Waals surface area contributed by atoms with Gasteiger partial charge in [0.05, 0.1) is 11.6 Å². The third kappa shape index (κ3) is 2.55. The standard InChI is InChI=1S/C8H9ClFNO2/c9-6-3-5(1-2-13-11)7(10)4-8(6)12/h3-4,12H,1-2,11H2. The van der Waals surface area contributed by atoms with Crippen molar-refractivity contribution in [3.8, 4) is 5.75 Å². The van der Waals surface area contributed by atoms with Gasteiger partial charge >= 0.3 is 0 Å². The first-order valence-electron chi connectivity index (χ1n) is 3.63. The second-order valence-electron chi connectivity index (χ2n) is 2.52. The number of benzene rings is 1. The number of nitrogens with two attached hydrogens (primary N) is 1. The summed E-state index contributed by atoms with van der Waals surface area (Å²) in [4.78, 5) is 4.30. The maximum absolute atomic E-state index is 13.0. The zero-order valence-electron chi connectivity index (χ0n) is 6.76. The second kappa shape index (κ2) is 4.41. The molecule has 0 amide bonds. The van der Waals surface area contributed by atoms with E-state index in [0.29, 0.717) is 12.0 Å². The summed E-state index contributed by atoms with van der Waals surface area (Å²) >= 11 is 5.58. The quantitative estimate of drug-likeness (QED) is 0.738. The van der Waals surface area contributed by atoms with Gasteiger partial charge < -0.3 is 9.94 Å². The maximum Gasteiger partial charge on any atom is 0.137 e. The molecule has 0 heterocycles. The normalized spacial score (nSPS) is 10.4. The molecular weight excluding hydrogens is 197 g/mol. The van der Waals surface area contributed by atoms with E-state index >= 15 is 0 Å². The van der Waals surface area contributed by atoms with Gasteiger partial charge in [-0.2, -0.15) is 0 Å². The Morgan fingerprint density at radius 3 is 2.85 bits per heavy atom. The first-order valence-corrected chi connectivity index (χ1v) is 4.01. The molecule has 5 heteroatoms. The van der Waals surface area contributed by atoms with Crippen molar-refractivity contribution in [3.05, 3.63) is 28.5 Å². The minimum Gasteiger partial charge on any atom is -0.506 e. The summed E-state index contributed by atoms with van der Waals surface area (Å²) < 4.78 is 13.0. The first kappa shape index (κ1) is 10.2. The zero-order chi connectivity index (χ0) is 9.84. The minimum atomic E-state index is -0.515. The summed E-state index contributed by atoms with van der Waals surface area (Å²) in [5.74, 6) is 4.01. The highest BCUT2D eigenvalue weighted by Gasteiger charge is 2.07. The van der Waals surface area contributed by atoms with Crippen LogP contribution in [0, 0.1) is 5.82 Å². The Morgan fingerprint density at radius 2 is 2.23 bits per heavy atom. The smallest absolute Gasteiger partial charge is 0.137 e. The van der Waals surface area contributed by atoms with Gasteiger partial charge in [-0.25, -0.2) is 10.3 Å². The molecule has 0 radical (unpaired) electrons. The van der Waals surface area contributed by atoms with Gasteiger partial charge in [0, 0.05) is 12.5 Å². The molecule has 0 spiro atoms. The topological polar surface area (TPSA) is 55.5 Å². The summed E-state index contributed by atoms with van der Waals surface area (Å²) in [7, 11) is 0. The van der Waals surface area contributed by atoms with Crippen LogP contribution in [0.5, 0.6) is 5.75 Å². The number of halogens is 2. The van der Waals surface area contributed by atoms with Crippen LogP contribution in [0.4, 0.5) is 4.39 Å². The van der Waals surface area contributed by atoms with E-state index in [1.807, 2.05) is 0 Å². The Bertz CT molecular complexity index is 306. The van der Waals surface area contributed by atoms with Gasteiger partial charge in [-0.1, -0.05) is 11.6 Å². The molecule has 1 rings (SSSR count). The molecule has 0 aliphatic rings. The lowest BCUT2D eigenvalue weighted by Gasteiger charge is -2.04. The Labute approximate surface area is 79.8 Å². The summed E-state index contributed by atoms with van der Waals surface area (Å²) in [5.41, 5.74) is 0.369. The van der Waals surface area contributed by atoms with Gasteiger partial charge in [0.2, 0.25) is 0 Å². The van der Waals surface area contributed by atoms with Crippen molar-refractivity contribution in [1.82, 2.24) is 0 Å². The number of phenols is 1. The molecule has 72 valence electrons. The molecule has 13 heavy (non-hydrogen) atoms. The fourth-order valence-corrected chi connectivity index (χ4v) is 1.12.